The fraction of sp³-hybridized carbons (Fsp3) is 0.345. The van der Waals surface area contributed by atoms with Crippen LogP contribution in [0, 0.1) is 18.2 Å². The second-order valence-electron chi connectivity index (χ2n) is 10.2. The van der Waals surface area contributed by atoms with Gasteiger partial charge in [-0.15, -0.1) is 11.3 Å². The first-order valence-electron chi connectivity index (χ1n) is 12.4. The first kappa shape index (κ1) is 28.0. The molecular formula is C29H29F2N3O4S. The van der Waals surface area contributed by atoms with Gasteiger partial charge in [0, 0.05) is 29.6 Å². The van der Waals surface area contributed by atoms with Crippen LogP contribution in [0.4, 0.5) is 19.3 Å². The van der Waals surface area contributed by atoms with Crippen molar-refractivity contribution in [1.29, 1.82) is 0 Å². The first-order chi connectivity index (χ1) is 18.5. The maximum atomic E-state index is 14.6. The van der Waals surface area contributed by atoms with Gasteiger partial charge in [-0.25, -0.2) is 18.4 Å². The number of amides is 2. The van der Waals surface area contributed by atoms with Crippen LogP contribution in [0.3, 0.4) is 0 Å². The molecule has 7 nitrogen and oxygen atoms in total. The number of ether oxygens (including phenoxy) is 2. The average Bonchev–Trinajstić information content (AvgIpc) is 3.32. The van der Waals surface area contributed by atoms with Gasteiger partial charge in [0.1, 0.15) is 11.4 Å². The molecule has 1 aliphatic rings. The van der Waals surface area contributed by atoms with Crippen molar-refractivity contribution in [3.63, 3.8) is 0 Å². The average molecular weight is 554 g/mol. The van der Waals surface area contributed by atoms with E-state index < -0.39 is 23.3 Å². The fourth-order valence-corrected chi connectivity index (χ4v) is 5.55. The minimum Gasteiger partial charge on any atom is -0.494 e. The molecule has 1 aliphatic heterocycles. The van der Waals surface area contributed by atoms with Crippen molar-refractivity contribution in [2.75, 3.05) is 20.2 Å². The molecule has 2 amide bonds. The third kappa shape index (κ3) is 6.55. The zero-order chi connectivity index (χ0) is 28.3. The molecule has 0 radical (unpaired) electrons. The number of piperidine rings is 1. The zero-order valence-corrected chi connectivity index (χ0v) is 23.0. The molecule has 204 valence electrons. The van der Waals surface area contributed by atoms with Gasteiger partial charge in [-0.3, -0.25) is 4.79 Å². The van der Waals surface area contributed by atoms with Crippen molar-refractivity contribution in [2.45, 2.75) is 45.3 Å². The molecule has 0 spiro atoms. The van der Waals surface area contributed by atoms with Gasteiger partial charge in [0.15, 0.2) is 11.6 Å². The van der Waals surface area contributed by atoms with E-state index in [0.717, 1.165) is 0 Å². The lowest BCUT2D eigenvalue weighted by Crippen LogP contribution is -2.50. The molecule has 10 heteroatoms. The number of methoxy groups -OCH3 is 1. The Morgan fingerprint density at radius 3 is 2.46 bits per heavy atom. The van der Waals surface area contributed by atoms with Crippen LogP contribution in [0.25, 0.3) is 26.4 Å². The highest BCUT2D eigenvalue weighted by atomic mass is 32.1. The number of alkyl carbamates (subject to hydrolysis) is 1. The number of benzene rings is 2. The summed E-state index contributed by atoms with van der Waals surface area (Å²) in [4.78, 5) is 31.7. The molecule has 0 bridgehead atoms. The van der Waals surface area contributed by atoms with E-state index in [2.05, 4.69) is 10.2 Å². The van der Waals surface area contributed by atoms with Crippen LogP contribution in [0.5, 0.6) is 5.75 Å². The van der Waals surface area contributed by atoms with Gasteiger partial charge in [0.2, 0.25) is 5.69 Å². The number of nitrogens with one attached hydrogen (secondary N) is 1. The van der Waals surface area contributed by atoms with E-state index in [0.29, 0.717) is 52.4 Å². The number of nitrogens with zero attached hydrogens (tertiary/aromatic N) is 2. The van der Waals surface area contributed by atoms with E-state index in [1.165, 1.54) is 42.7 Å². The highest BCUT2D eigenvalue weighted by Gasteiger charge is 2.29. The molecule has 2 heterocycles. The maximum absolute atomic E-state index is 14.6. The summed E-state index contributed by atoms with van der Waals surface area (Å²) in [5.74, 6) is -1.41. The highest BCUT2D eigenvalue weighted by molar-refractivity contribution is 7.18. The largest absolute Gasteiger partial charge is 0.494 e. The Morgan fingerprint density at radius 2 is 1.82 bits per heavy atom. The van der Waals surface area contributed by atoms with E-state index in [1.54, 1.807) is 43.9 Å². The van der Waals surface area contributed by atoms with E-state index >= 15 is 0 Å². The molecule has 4 rings (SSSR count). The van der Waals surface area contributed by atoms with E-state index in [-0.39, 0.29) is 23.4 Å². The summed E-state index contributed by atoms with van der Waals surface area (Å²) in [6, 6.07) is 10.1. The quantitative estimate of drug-likeness (QED) is 0.344. The number of hydrogen-bond donors (Lipinski definition) is 1. The number of carbonyl (C=O) groups excluding carboxylic acids is 2. The van der Waals surface area contributed by atoms with Crippen LogP contribution in [-0.4, -0.2) is 48.7 Å². The van der Waals surface area contributed by atoms with Gasteiger partial charge in [0.05, 0.1) is 18.6 Å². The van der Waals surface area contributed by atoms with Gasteiger partial charge in [-0.1, -0.05) is 12.1 Å². The molecule has 0 saturated carbocycles. The molecule has 1 aromatic heterocycles. The zero-order valence-electron chi connectivity index (χ0n) is 22.1. The van der Waals surface area contributed by atoms with Crippen molar-refractivity contribution < 1.29 is 27.8 Å². The van der Waals surface area contributed by atoms with Gasteiger partial charge in [0.25, 0.3) is 5.91 Å². The summed E-state index contributed by atoms with van der Waals surface area (Å²) in [5.41, 5.74) is 0.767. The first-order valence-corrected chi connectivity index (χ1v) is 13.2. The molecule has 1 N–H and O–H groups in total. The van der Waals surface area contributed by atoms with Crippen molar-refractivity contribution >= 4 is 29.0 Å². The van der Waals surface area contributed by atoms with Gasteiger partial charge in [-0.2, -0.15) is 0 Å². The van der Waals surface area contributed by atoms with Gasteiger partial charge < -0.3 is 19.7 Å². The van der Waals surface area contributed by atoms with E-state index in [9.17, 15) is 18.4 Å². The van der Waals surface area contributed by atoms with E-state index in [1.807, 2.05) is 0 Å². The Labute approximate surface area is 230 Å². The minimum atomic E-state index is -0.680. The second kappa shape index (κ2) is 11.4. The van der Waals surface area contributed by atoms with Crippen LogP contribution in [0.2, 0.25) is 0 Å². The highest BCUT2D eigenvalue weighted by Crippen LogP contribution is 2.42. The van der Waals surface area contributed by atoms with Crippen molar-refractivity contribution in [2.24, 2.45) is 0 Å². The summed E-state index contributed by atoms with van der Waals surface area (Å²) in [7, 11) is 1.37. The lowest BCUT2D eigenvalue weighted by atomic mass is 10.0. The molecule has 39 heavy (non-hydrogen) atoms. The molecular weight excluding hydrogens is 524 g/mol. The third-order valence-electron chi connectivity index (χ3n) is 6.17. The van der Waals surface area contributed by atoms with E-state index in [4.69, 9.17) is 16.0 Å². The number of carbonyl (C=O) groups is 2. The molecule has 1 fully saturated rings. The van der Waals surface area contributed by atoms with Gasteiger partial charge in [-0.05, 0) is 75.1 Å². The summed E-state index contributed by atoms with van der Waals surface area (Å²) in [6.07, 6.45) is 0.875. The van der Waals surface area contributed by atoms with Crippen LogP contribution >= 0.6 is 11.3 Å². The molecule has 0 aliphatic carbocycles. The van der Waals surface area contributed by atoms with Gasteiger partial charge >= 0.3 is 6.09 Å². The summed E-state index contributed by atoms with van der Waals surface area (Å²) in [6.45, 7) is 13.3. The molecule has 2 aromatic carbocycles. The summed E-state index contributed by atoms with van der Waals surface area (Å²) >= 11 is 1.18. The number of hydrogen-bond acceptors (Lipinski definition) is 5. The fourth-order valence-electron chi connectivity index (χ4n) is 4.41. The van der Waals surface area contributed by atoms with Crippen LogP contribution in [0.15, 0.2) is 42.5 Å². The number of likely N-dealkylation sites (tertiary alicyclic amines) is 1. The SMILES string of the molecule is [C-]#[N+]c1ccc(-c2cc(C(=O)N3CCC[C@H](NC(=O)OC(C)(C)C)C3)sc2-c2ccc(OC)c(F)c2)cc1F. The van der Waals surface area contributed by atoms with Crippen LogP contribution in [-0.2, 0) is 4.74 Å². The number of thiophene rings is 1. The lowest BCUT2D eigenvalue weighted by Gasteiger charge is -2.33. The molecule has 3 aromatic rings. The molecule has 0 unspecified atom stereocenters. The Hall–Kier alpha value is -3.97. The summed E-state index contributed by atoms with van der Waals surface area (Å²) < 4.78 is 39.5. The monoisotopic (exact) mass is 553 g/mol. The van der Waals surface area contributed by atoms with Crippen molar-refractivity contribution in [3.05, 3.63) is 70.4 Å². The Kier molecular flexibility index (Phi) is 8.21. The molecule has 1 saturated heterocycles. The Balaban J connectivity index is 1.66. The normalized spacial score (nSPS) is 15.4. The number of rotatable bonds is 5. The second-order valence-corrected chi connectivity index (χ2v) is 11.3. The maximum Gasteiger partial charge on any atom is 0.407 e. The lowest BCUT2D eigenvalue weighted by molar-refractivity contribution is 0.0453. The predicted molar refractivity (Wildman–Crippen MR) is 146 cm³/mol. The Bertz CT molecular complexity index is 1440. The molecule has 1 atom stereocenters. The smallest absolute Gasteiger partial charge is 0.407 e. The summed E-state index contributed by atoms with van der Waals surface area (Å²) in [5, 5.41) is 2.84. The standard InChI is InChI=1S/C29H29F2N3O4S/c1-29(2,3)38-28(36)33-19-7-6-12-34(16-19)27(35)25-15-20(17-8-10-23(32-4)21(30)13-17)26(39-25)18-9-11-24(37-5)22(31)14-18/h8-11,13-15,19H,6-7,12,16H2,1-3,5H3,(H,33,36)/t19-/m0/s1. The number of halogens is 2. The van der Waals surface area contributed by atoms with Crippen LogP contribution < -0.4 is 10.1 Å². The predicted octanol–water partition coefficient (Wildman–Crippen LogP) is 7.05. The third-order valence-corrected chi connectivity index (χ3v) is 7.34. The van der Waals surface area contributed by atoms with Crippen molar-refractivity contribution in [3.8, 4) is 27.3 Å². The minimum absolute atomic E-state index is 0.0810. The van der Waals surface area contributed by atoms with Crippen LogP contribution in [0.1, 0.15) is 43.3 Å². The van der Waals surface area contributed by atoms with Crippen molar-refractivity contribution in [1.82, 2.24) is 10.2 Å². The Morgan fingerprint density at radius 1 is 1.10 bits per heavy atom. The topological polar surface area (TPSA) is 72.2 Å².